The van der Waals surface area contributed by atoms with Crippen LogP contribution in [0.15, 0.2) is 28.4 Å². The molecule has 0 aromatic carbocycles. The van der Waals surface area contributed by atoms with Crippen LogP contribution in [0.1, 0.15) is 13.8 Å². The molecule has 0 spiro atoms. The highest BCUT2D eigenvalue weighted by Gasteiger charge is 2.29. The zero-order valence-electron chi connectivity index (χ0n) is 8.51. The van der Waals surface area contributed by atoms with Crippen LogP contribution in [0.3, 0.4) is 0 Å². The van der Waals surface area contributed by atoms with E-state index >= 15 is 0 Å². The van der Waals surface area contributed by atoms with Gasteiger partial charge in [-0.2, -0.15) is 13.2 Å². The molecule has 1 heterocycles. The molecule has 0 amide bonds. The number of halogens is 3. The lowest BCUT2D eigenvalue weighted by atomic mass is 10.1. The van der Waals surface area contributed by atoms with Crippen molar-refractivity contribution < 1.29 is 17.9 Å². The van der Waals surface area contributed by atoms with Crippen LogP contribution in [0.4, 0.5) is 13.2 Å². The van der Waals surface area contributed by atoms with Gasteiger partial charge in [-0.3, -0.25) is 4.99 Å². The second-order valence-electron chi connectivity index (χ2n) is 3.28. The normalized spacial score (nSPS) is 22.1. The summed E-state index contributed by atoms with van der Waals surface area (Å²) in [6.07, 6.45) is -0.262. The minimum absolute atomic E-state index is 0.644. The van der Waals surface area contributed by atoms with Gasteiger partial charge in [-0.25, -0.2) is 0 Å². The molecular formula is C10H12F3NO. The number of rotatable bonds is 2. The van der Waals surface area contributed by atoms with Gasteiger partial charge in [0.1, 0.15) is 6.61 Å². The number of allylic oxidation sites excluding steroid dienone is 2. The zero-order valence-corrected chi connectivity index (χ0v) is 8.51. The molecule has 0 aliphatic carbocycles. The molecule has 0 radical (unpaired) electrons. The molecule has 1 aliphatic heterocycles. The number of alkyl halides is 3. The fraction of sp³-hybridized carbons (Fsp3) is 0.500. The Balaban J connectivity index is 2.66. The van der Waals surface area contributed by atoms with E-state index in [-0.39, 0.29) is 0 Å². The highest BCUT2D eigenvalue weighted by Crippen LogP contribution is 2.20. The van der Waals surface area contributed by atoms with Crippen LogP contribution in [-0.2, 0) is 4.74 Å². The van der Waals surface area contributed by atoms with Crippen molar-refractivity contribution in [2.45, 2.75) is 26.1 Å². The maximum atomic E-state index is 11.9. The molecule has 1 atom stereocenters. The van der Waals surface area contributed by atoms with Gasteiger partial charge in [0.25, 0.3) is 0 Å². The summed E-state index contributed by atoms with van der Waals surface area (Å²) in [5.74, 6) is 0. The Labute approximate surface area is 86.1 Å². The summed E-state index contributed by atoms with van der Waals surface area (Å²) < 4.78 is 40.6. The standard InChI is InChI=1S/C10H12F3NO/c1-7-8(2)14-5-3-4-9(7)15-6-10(11,12)13/h3-5,9H,6H2,1-2H3. The van der Waals surface area contributed by atoms with Crippen LogP contribution < -0.4 is 0 Å². The third kappa shape index (κ3) is 3.87. The first-order chi connectivity index (χ1) is 6.90. The molecule has 0 aromatic heterocycles. The second kappa shape index (κ2) is 4.61. The van der Waals surface area contributed by atoms with Gasteiger partial charge in [-0.15, -0.1) is 0 Å². The van der Waals surface area contributed by atoms with Crippen molar-refractivity contribution >= 4 is 6.21 Å². The van der Waals surface area contributed by atoms with E-state index in [0.29, 0.717) is 11.3 Å². The predicted octanol–water partition coefficient (Wildman–Crippen LogP) is 2.87. The minimum atomic E-state index is -4.30. The molecule has 1 aliphatic rings. The van der Waals surface area contributed by atoms with Crippen LogP contribution in [0.25, 0.3) is 0 Å². The Morgan fingerprint density at radius 2 is 2.07 bits per heavy atom. The fourth-order valence-electron chi connectivity index (χ4n) is 1.12. The molecule has 1 rings (SSSR count). The van der Waals surface area contributed by atoms with E-state index in [1.54, 1.807) is 26.0 Å². The maximum Gasteiger partial charge on any atom is 0.411 e. The van der Waals surface area contributed by atoms with E-state index in [4.69, 9.17) is 4.74 Å². The predicted molar refractivity (Wildman–Crippen MR) is 51.8 cm³/mol. The van der Waals surface area contributed by atoms with Gasteiger partial charge in [0.15, 0.2) is 0 Å². The molecule has 2 nitrogen and oxygen atoms in total. The van der Waals surface area contributed by atoms with Gasteiger partial charge < -0.3 is 4.74 Å². The fourth-order valence-corrected chi connectivity index (χ4v) is 1.12. The van der Waals surface area contributed by atoms with Gasteiger partial charge >= 0.3 is 6.18 Å². The number of hydrogen-bond acceptors (Lipinski definition) is 2. The van der Waals surface area contributed by atoms with Gasteiger partial charge in [0, 0.05) is 11.9 Å². The van der Waals surface area contributed by atoms with Crippen molar-refractivity contribution in [2.24, 2.45) is 4.99 Å². The molecule has 84 valence electrons. The van der Waals surface area contributed by atoms with E-state index in [1.807, 2.05) is 0 Å². The van der Waals surface area contributed by atoms with E-state index < -0.39 is 18.9 Å². The summed E-state index contributed by atoms with van der Waals surface area (Å²) in [5, 5.41) is 0. The van der Waals surface area contributed by atoms with Gasteiger partial charge in [0.2, 0.25) is 0 Å². The molecule has 1 unspecified atom stereocenters. The molecule has 0 fully saturated rings. The summed E-state index contributed by atoms with van der Waals surface area (Å²) in [6, 6.07) is 0. The van der Waals surface area contributed by atoms with E-state index in [9.17, 15) is 13.2 Å². The lowest BCUT2D eigenvalue weighted by Gasteiger charge is -2.16. The first kappa shape index (κ1) is 12.0. The zero-order chi connectivity index (χ0) is 11.5. The monoisotopic (exact) mass is 219 g/mol. The molecule has 0 saturated carbocycles. The smallest absolute Gasteiger partial charge is 0.360 e. The lowest BCUT2D eigenvalue weighted by molar-refractivity contribution is -0.177. The van der Waals surface area contributed by atoms with Crippen molar-refractivity contribution in [2.75, 3.05) is 6.61 Å². The number of ether oxygens (including phenoxy) is 1. The van der Waals surface area contributed by atoms with Crippen molar-refractivity contribution in [1.29, 1.82) is 0 Å². The minimum Gasteiger partial charge on any atom is -0.360 e. The summed E-state index contributed by atoms with van der Waals surface area (Å²) in [4.78, 5) is 4.01. The summed E-state index contributed by atoms with van der Waals surface area (Å²) in [5.41, 5.74) is 1.39. The first-order valence-electron chi connectivity index (χ1n) is 4.47. The Kier molecular flexibility index (Phi) is 3.68. The molecule has 0 N–H and O–H groups in total. The van der Waals surface area contributed by atoms with E-state index in [1.165, 1.54) is 6.21 Å². The van der Waals surface area contributed by atoms with Crippen molar-refractivity contribution in [1.82, 2.24) is 0 Å². The van der Waals surface area contributed by atoms with Gasteiger partial charge in [-0.1, -0.05) is 6.08 Å². The third-order valence-corrected chi connectivity index (χ3v) is 2.06. The average Bonchev–Trinajstić information content (AvgIpc) is 2.27. The van der Waals surface area contributed by atoms with Crippen LogP contribution in [-0.4, -0.2) is 25.1 Å². The van der Waals surface area contributed by atoms with Crippen molar-refractivity contribution in [3.05, 3.63) is 23.4 Å². The molecule has 5 heteroatoms. The summed E-state index contributed by atoms with van der Waals surface area (Å²) in [6.45, 7) is 2.21. The van der Waals surface area contributed by atoms with Gasteiger partial charge in [-0.05, 0) is 25.5 Å². The van der Waals surface area contributed by atoms with Crippen LogP contribution in [0, 0.1) is 0 Å². The summed E-state index contributed by atoms with van der Waals surface area (Å²) >= 11 is 0. The Hall–Kier alpha value is -1.10. The quantitative estimate of drug-likeness (QED) is 0.699. The van der Waals surface area contributed by atoms with Crippen LogP contribution in [0.2, 0.25) is 0 Å². The third-order valence-electron chi connectivity index (χ3n) is 2.06. The van der Waals surface area contributed by atoms with Crippen molar-refractivity contribution in [3.63, 3.8) is 0 Å². The molecule has 0 aromatic rings. The maximum absolute atomic E-state index is 11.9. The molecule has 0 saturated heterocycles. The SMILES string of the molecule is CC1=C(C)C(OCC(F)(F)F)C=CC=N1. The Morgan fingerprint density at radius 1 is 1.40 bits per heavy atom. The Bertz CT molecular complexity index is 315. The van der Waals surface area contributed by atoms with E-state index in [2.05, 4.69) is 4.99 Å². The summed E-state index contributed by atoms with van der Waals surface area (Å²) in [7, 11) is 0. The highest BCUT2D eigenvalue weighted by molar-refractivity contribution is 5.73. The van der Waals surface area contributed by atoms with Crippen LogP contribution >= 0.6 is 0 Å². The lowest BCUT2D eigenvalue weighted by Crippen LogP contribution is -2.23. The average molecular weight is 219 g/mol. The molecule has 15 heavy (non-hydrogen) atoms. The molecular weight excluding hydrogens is 207 g/mol. The number of hydrogen-bond donors (Lipinski definition) is 0. The van der Waals surface area contributed by atoms with Crippen molar-refractivity contribution in [3.8, 4) is 0 Å². The Morgan fingerprint density at radius 3 is 2.67 bits per heavy atom. The largest absolute Gasteiger partial charge is 0.411 e. The van der Waals surface area contributed by atoms with Crippen LogP contribution in [0.5, 0.6) is 0 Å². The molecule has 0 bridgehead atoms. The number of aliphatic imine (C=N–C) groups is 1. The second-order valence-corrected chi connectivity index (χ2v) is 3.28. The topological polar surface area (TPSA) is 21.6 Å². The van der Waals surface area contributed by atoms with Gasteiger partial charge in [0.05, 0.1) is 6.10 Å². The number of nitrogens with zero attached hydrogens (tertiary/aromatic N) is 1. The highest BCUT2D eigenvalue weighted by atomic mass is 19.4. The first-order valence-corrected chi connectivity index (χ1v) is 4.47. The van der Waals surface area contributed by atoms with E-state index in [0.717, 1.165) is 0 Å².